The quantitative estimate of drug-likeness (QED) is 0.755. The minimum Gasteiger partial charge on any atom is -0.379 e. The van der Waals surface area contributed by atoms with Gasteiger partial charge in [0.15, 0.2) is 0 Å². The second kappa shape index (κ2) is 7.21. The Bertz CT molecular complexity index is 293. The van der Waals surface area contributed by atoms with E-state index in [-0.39, 0.29) is 0 Å². The maximum Gasteiger partial charge on any atom is 0.0594 e. The van der Waals surface area contributed by atoms with Crippen LogP contribution in [0.15, 0.2) is 0 Å². The second-order valence-corrected chi connectivity index (χ2v) is 6.66. The van der Waals surface area contributed by atoms with Crippen molar-refractivity contribution in [2.45, 2.75) is 44.7 Å². The van der Waals surface area contributed by atoms with Gasteiger partial charge in [-0.05, 0) is 45.3 Å². The van der Waals surface area contributed by atoms with Crippen molar-refractivity contribution < 1.29 is 4.74 Å². The molecule has 0 saturated carbocycles. The average Bonchev–Trinajstić information content (AvgIpc) is 2.94. The van der Waals surface area contributed by atoms with Crippen LogP contribution in [-0.2, 0) is 4.74 Å². The van der Waals surface area contributed by atoms with Crippen molar-refractivity contribution in [3.05, 3.63) is 0 Å². The summed E-state index contributed by atoms with van der Waals surface area (Å²) in [6, 6.07) is 1.66. The largest absolute Gasteiger partial charge is 0.379 e. The van der Waals surface area contributed by atoms with Gasteiger partial charge in [0.1, 0.15) is 0 Å². The molecule has 2 atom stereocenters. The molecule has 0 N–H and O–H groups in total. The van der Waals surface area contributed by atoms with Gasteiger partial charge in [0.05, 0.1) is 13.2 Å². The Kier molecular flexibility index (Phi) is 5.32. The van der Waals surface area contributed by atoms with Crippen LogP contribution in [0.4, 0.5) is 0 Å². The van der Waals surface area contributed by atoms with Gasteiger partial charge in [0.25, 0.3) is 0 Å². The van der Waals surface area contributed by atoms with Crippen LogP contribution in [0.5, 0.6) is 0 Å². The molecule has 0 spiro atoms. The molecule has 3 rings (SSSR count). The van der Waals surface area contributed by atoms with Crippen molar-refractivity contribution in [1.82, 2.24) is 14.7 Å². The molecule has 4 nitrogen and oxygen atoms in total. The average molecular weight is 281 g/mol. The third kappa shape index (κ3) is 3.53. The fraction of sp³-hybridized carbons (Fsp3) is 1.00. The smallest absolute Gasteiger partial charge is 0.0594 e. The molecule has 4 heteroatoms. The monoisotopic (exact) mass is 281 g/mol. The van der Waals surface area contributed by atoms with E-state index >= 15 is 0 Å². The number of morpholine rings is 1. The third-order valence-electron chi connectivity index (χ3n) is 5.40. The van der Waals surface area contributed by atoms with Crippen LogP contribution < -0.4 is 0 Å². The van der Waals surface area contributed by atoms with Crippen LogP contribution in [0.1, 0.15) is 32.6 Å². The zero-order valence-corrected chi connectivity index (χ0v) is 13.1. The first-order valence-electron chi connectivity index (χ1n) is 8.65. The summed E-state index contributed by atoms with van der Waals surface area (Å²) in [6.45, 7) is 13.0. The molecule has 0 aromatic rings. The number of hydrogen-bond acceptors (Lipinski definition) is 4. The minimum atomic E-state index is 0.800. The van der Waals surface area contributed by atoms with E-state index in [9.17, 15) is 0 Å². The van der Waals surface area contributed by atoms with E-state index in [0.29, 0.717) is 0 Å². The van der Waals surface area contributed by atoms with Gasteiger partial charge in [0.2, 0.25) is 0 Å². The molecular weight excluding hydrogens is 250 g/mol. The van der Waals surface area contributed by atoms with Crippen molar-refractivity contribution in [3.8, 4) is 0 Å². The zero-order chi connectivity index (χ0) is 13.8. The van der Waals surface area contributed by atoms with E-state index < -0.39 is 0 Å². The van der Waals surface area contributed by atoms with E-state index in [1.807, 2.05) is 0 Å². The highest BCUT2D eigenvalue weighted by Gasteiger charge is 2.35. The molecule has 0 aromatic heterocycles. The molecule has 20 heavy (non-hydrogen) atoms. The van der Waals surface area contributed by atoms with Crippen LogP contribution in [0.25, 0.3) is 0 Å². The Morgan fingerprint density at radius 1 is 1.05 bits per heavy atom. The first-order chi connectivity index (χ1) is 9.86. The normalized spacial score (nSPS) is 33.5. The highest BCUT2D eigenvalue weighted by molar-refractivity contribution is 4.91. The Hall–Kier alpha value is -0.160. The lowest BCUT2D eigenvalue weighted by Gasteiger charge is -2.43. The van der Waals surface area contributed by atoms with E-state index in [0.717, 1.165) is 38.4 Å². The Morgan fingerprint density at radius 2 is 1.90 bits per heavy atom. The Balaban J connectivity index is 1.43. The summed E-state index contributed by atoms with van der Waals surface area (Å²) in [4.78, 5) is 8.09. The molecule has 3 aliphatic heterocycles. The summed E-state index contributed by atoms with van der Waals surface area (Å²) >= 11 is 0. The number of hydrogen-bond donors (Lipinski definition) is 0. The third-order valence-corrected chi connectivity index (χ3v) is 5.40. The van der Waals surface area contributed by atoms with E-state index in [4.69, 9.17) is 4.74 Å². The van der Waals surface area contributed by atoms with Gasteiger partial charge in [-0.25, -0.2) is 0 Å². The summed E-state index contributed by atoms with van der Waals surface area (Å²) in [5.41, 5.74) is 0. The fourth-order valence-corrected chi connectivity index (χ4v) is 4.13. The standard InChI is InChI=1S/C16H31N3O/c1-2-15-13-19-7-3-5-16(19)14-18(15)8-4-6-17-9-11-20-12-10-17/h15-16H,2-14H2,1H3. The van der Waals surface area contributed by atoms with Gasteiger partial charge < -0.3 is 4.74 Å². The van der Waals surface area contributed by atoms with Gasteiger partial charge in [0, 0.05) is 38.3 Å². The van der Waals surface area contributed by atoms with Crippen molar-refractivity contribution in [3.63, 3.8) is 0 Å². The molecule has 3 fully saturated rings. The molecular formula is C16H31N3O. The van der Waals surface area contributed by atoms with Crippen LogP contribution in [0, 0.1) is 0 Å². The second-order valence-electron chi connectivity index (χ2n) is 6.66. The van der Waals surface area contributed by atoms with Crippen molar-refractivity contribution in [2.75, 3.05) is 59.0 Å². The van der Waals surface area contributed by atoms with E-state index in [2.05, 4.69) is 21.6 Å². The minimum absolute atomic E-state index is 0.800. The van der Waals surface area contributed by atoms with Crippen LogP contribution >= 0.6 is 0 Å². The number of ether oxygens (including phenoxy) is 1. The molecule has 0 radical (unpaired) electrons. The van der Waals surface area contributed by atoms with Crippen LogP contribution in [0.2, 0.25) is 0 Å². The van der Waals surface area contributed by atoms with Crippen molar-refractivity contribution >= 4 is 0 Å². The molecule has 0 aliphatic carbocycles. The molecule has 2 unspecified atom stereocenters. The zero-order valence-electron chi connectivity index (χ0n) is 13.1. The predicted molar refractivity (Wildman–Crippen MR) is 82.1 cm³/mol. The fourth-order valence-electron chi connectivity index (χ4n) is 4.13. The van der Waals surface area contributed by atoms with Gasteiger partial charge in [-0.2, -0.15) is 0 Å². The van der Waals surface area contributed by atoms with Crippen molar-refractivity contribution in [2.24, 2.45) is 0 Å². The number of piperazine rings is 1. The molecule has 3 heterocycles. The molecule has 3 aliphatic rings. The van der Waals surface area contributed by atoms with Crippen LogP contribution in [0.3, 0.4) is 0 Å². The lowest BCUT2D eigenvalue weighted by atomic mass is 10.0. The van der Waals surface area contributed by atoms with Gasteiger partial charge in [-0.1, -0.05) is 6.92 Å². The van der Waals surface area contributed by atoms with E-state index in [1.54, 1.807) is 0 Å². The molecule has 0 aromatic carbocycles. The SMILES string of the molecule is CCC1CN2CCCC2CN1CCCN1CCOCC1. The molecule has 3 saturated heterocycles. The highest BCUT2D eigenvalue weighted by Crippen LogP contribution is 2.25. The number of fused-ring (bicyclic) bond motifs is 1. The summed E-state index contributed by atoms with van der Waals surface area (Å²) < 4.78 is 5.42. The number of rotatable bonds is 5. The maximum absolute atomic E-state index is 5.42. The van der Waals surface area contributed by atoms with Gasteiger partial charge in [-0.3, -0.25) is 14.7 Å². The topological polar surface area (TPSA) is 19.0 Å². The lowest BCUT2D eigenvalue weighted by Crippen LogP contribution is -2.56. The van der Waals surface area contributed by atoms with Crippen molar-refractivity contribution in [1.29, 1.82) is 0 Å². The Labute approximate surface area is 124 Å². The molecule has 0 amide bonds. The summed E-state index contributed by atoms with van der Waals surface area (Å²) in [6.07, 6.45) is 5.48. The predicted octanol–water partition coefficient (Wildman–Crippen LogP) is 1.27. The Morgan fingerprint density at radius 3 is 2.70 bits per heavy atom. The highest BCUT2D eigenvalue weighted by atomic mass is 16.5. The maximum atomic E-state index is 5.42. The first-order valence-corrected chi connectivity index (χ1v) is 8.65. The van der Waals surface area contributed by atoms with E-state index in [1.165, 1.54) is 58.4 Å². The summed E-state index contributed by atoms with van der Waals surface area (Å²) in [7, 11) is 0. The van der Waals surface area contributed by atoms with Crippen LogP contribution in [-0.4, -0.2) is 85.8 Å². The summed E-state index contributed by atoms with van der Waals surface area (Å²) in [5.74, 6) is 0. The summed E-state index contributed by atoms with van der Waals surface area (Å²) in [5, 5.41) is 0. The first kappa shape index (κ1) is 14.8. The molecule has 116 valence electrons. The lowest BCUT2D eigenvalue weighted by molar-refractivity contribution is 0.0268. The molecule has 0 bridgehead atoms. The number of nitrogens with zero attached hydrogens (tertiary/aromatic N) is 3. The van der Waals surface area contributed by atoms with Gasteiger partial charge >= 0.3 is 0 Å². The van der Waals surface area contributed by atoms with Gasteiger partial charge in [-0.15, -0.1) is 0 Å².